The molecule has 104 valence electrons. The van der Waals surface area contributed by atoms with Gasteiger partial charge >= 0.3 is 0 Å². The highest BCUT2D eigenvalue weighted by Crippen LogP contribution is 2.35. The van der Waals surface area contributed by atoms with E-state index in [1.807, 2.05) is 18.2 Å². The quantitative estimate of drug-likeness (QED) is 0.746. The summed E-state index contributed by atoms with van der Waals surface area (Å²) in [7, 11) is 0. The van der Waals surface area contributed by atoms with Crippen LogP contribution in [-0.4, -0.2) is 19.8 Å². The average Bonchev–Trinajstić information content (AvgIpc) is 2.48. The fourth-order valence-electron chi connectivity index (χ4n) is 2.63. The van der Waals surface area contributed by atoms with Crippen molar-refractivity contribution in [3.8, 4) is 0 Å². The van der Waals surface area contributed by atoms with Gasteiger partial charge in [0.25, 0.3) is 0 Å². The van der Waals surface area contributed by atoms with Crippen molar-refractivity contribution in [2.24, 2.45) is 0 Å². The molecule has 0 aliphatic carbocycles. The minimum atomic E-state index is 0.165. The molecule has 1 heterocycles. The molecule has 20 heavy (non-hydrogen) atoms. The van der Waals surface area contributed by atoms with Gasteiger partial charge in [0.05, 0.1) is 19.8 Å². The standard InChI is InChI=1S/C18H20O2/c1-3-7-16(8-4-1)13-19-12-11-18(14-20-15-18)17-9-5-2-6-10-17/h1-10H,11-15H2. The van der Waals surface area contributed by atoms with E-state index < -0.39 is 0 Å². The van der Waals surface area contributed by atoms with Gasteiger partial charge < -0.3 is 9.47 Å². The third-order valence-corrected chi connectivity index (χ3v) is 3.98. The monoisotopic (exact) mass is 268 g/mol. The summed E-state index contributed by atoms with van der Waals surface area (Å²) in [5.41, 5.74) is 2.76. The molecule has 0 saturated carbocycles. The summed E-state index contributed by atoms with van der Waals surface area (Å²) in [6.07, 6.45) is 1.02. The number of ether oxygens (including phenoxy) is 2. The lowest BCUT2D eigenvalue weighted by atomic mass is 9.76. The Bertz CT molecular complexity index is 518. The van der Waals surface area contributed by atoms with Gasteiger partial charge in [-0.05, 0) is 17.5 Å². The molecule has 2 heteroatoms. The zero-order valence-electron chi connectivity index (χ0n) is 11.6. The molecule has 0 aromatic heterocycles. The molecule has 2 aromatic rings. The Morgan fingerprint density at radius 1 is 0.900 bits per heavy atom. The van der Waals surface area contributed by atoms with Crippen LogP contribution >= 0.6 is 0 Å². The van der Waals surface area contributed by atoms with Crippen LogP contribution in [0.2, 0.25) is 0 Å². The molecule has 2 aromatic carbocycles. The maximum absolute atomic E-state index is 5.82. The van der Waals surface area contributed by atoms with Crippen molar-refractivity contribution < 1.29 is 9.47 Å². The second kappa shape index (κ2) is 6.21. The molecule has 1 aliphatic heterocycles. The summed E-state index contributed by atoms with van der Waals surface area (Å²) in [4.78, 5) is 0. The van der Waals surface area contributed by atoms with Crippen molar-refractivity contribution in [2.75, 3.05) is 19.8 Å². The minimum absolute atomic E-state index is 0.165. The van der Waals surface area contributed by atoms with Crippen LogP contribution in [0.1, 0.15) is 17.5 Å². The highest BCUT2D eigenvalue weighted by atomic mass is 16.5. The van der Waals surface area contributed by atoms with Gasteiger partial charge in [-0.25, -0.2) is 0 Å². The van der Waals surface area contributed by atoms with Gasteiger partial charge in [0, 0.05) is 12.0 Å². The van der Waals surface area contributed by atoms with E-state index in [1.165, 1.54) is 11.1 Å². The van der Waals surface area contributed by atoms with Crippen LogP contribution in [0.5, 0.6) is 0 Å². The Morgan fingerprint density at radius 3 is 2.15 bits per heavy atom. The normalized spacial score (nSPS) is 16.6. The molecule has 2 nitrogen and oxygen atoms in total. The Labute approximate surface area is 120 Å². The first-order valence-corrected chi connectivity index (χ1v) is 7.14. The lowest BCUT2D eigenvalue weighted by Gasteiger charge is -2.42. The first-order chi connectivity index (χ1) is 9.89. The highest BCUT2D eigenvalue weighted by molar-refractivity contribution is 5.27. The van der Waals surface area contributed by atoms with Crippen LogP contribution in [0.15, 0.2) is 60.7 Å². The molecule has 1 aliphatic rings. The van der Waals surface area contributed by atoms with Gasteiger partial charge in [-0.15, -0.1) is 0 Å². The Balaban J connectivity index is 1.52. The van der Waals surface area contributed by atoms with Crippen LogP contribution < -0.4 is 0 Å². The lowest BCUT2D eigenvalue weighted by Crippen LogP contribution is -2.47. The molecule has 1 saturated heterocycles. The molecule has 0 N–H and O–H groups in total. The average molecular weight is 268 g/mol. The first kappa shape index (κ1) is 13.3. The summed E-state index contributed by atoms with van der Waals surface area (Å²) in [6, 6.07) is 21.0. The molecule has 0 spiro atoms. The molecular formula is C18H20O2. The van der Waals surface area contributed by atoms with Crippen LogP contribution in [0.3, 0.4) is 0 Å². The lowest BCUT2D eigenvalue weighted by molar-refractivity contribution is -0.0754. The minimum Gasteiger partial charge on any atom is -0.379 e. The van der Waals surface area contributed by atoms with E-state index in [0.29, 0.717) is 6.61 Å². The second-order valence-electron chi connectivity index (χ2n) is 5.43. The van der Waals surface area contributed by atoms with E-state index in [9.17, 15) is 0 Å². The largest absolute Gasteiger partial charge is 0.379 e. The van der Waals surface area contributed by atoms with Crippen molar-refractivity contribution in [1.29, 1.82) is 0 Å². The third-order valence-electron chi connectivity index (χ3n) is 3.98. The zero-order valence-corrected chi connectivity index (χ0v) is 11.6. The molecule has 1 fully saturated rings. The Morgan fingerprint density at radius 2 is 1.55 bits per heavy atom. The smallest absolute Gasteiger partial charge is 0.0716 e. The van der Waals surface area contributed by atoms with Crippen molar-refractivity contribution in [3.05, 3.63) is 71.8 Å². The molecule has 0 radical (unpaired) electrons. The predicted octanol–water partition coefficient (Wildman–Crippen LogP) is 3.56. The number of benzene rings is 2. The summed E-state index contributed by atoms with van der Waals surface area (Å²) < 4.78 is 11.3. The zero-order chi connectivity index (χ0) is 13.7. The van der Waals surface area contributed by atoms with Crippen molar-refractivity contribution >= 4 is 0 Å². The highest BCUT2D eigenvalue weighted by Gasteiger charge is 2.39. The maximum atomic E-state index is 5.82. The third kappa shape index (κ3) is 2.92. The van der Waals surface area contributed by atoms with E-state index in [-0.39, 0.29) is 5.41 Å². The van der Waals surface area contributed by atoms with Gasteiger partial charge in [0.15, 0.2) is 0 Å². The Kier molecular flexibility index (Phi) is 4.14. The fraction of sp³-hybridized carbons (Fsp3) is 0.333. The second-order valence-corrected chi connectivity index (χ2v) is 5.43. The predicted molar refractivity (Wildman–Crippen MR) is 79.7 cm³/mol. The van der Waals surface area contributed by atoms with Gasteiger partial charge in [-0.3, -0.25) is 0 Å². The van der Waals surface area contributed by atoms with Crippen molar-refractivity contribution in [1.82, 2.24) is 0 Å². The summed E-state index contributed by atoms with van der Waals surface area (Å²) in [5, 5.41) is 0. The molecular weight excluding hydrogens is 248 g/mol. The fourth-order valence-corrected chi connectivity index (χ4v) is 2.63. The number of hydrogen-bond donors (Lipinski definition) is 0. The molecule has 0 amide bonds. The van der Waals surface area contributed by atoms with Crippen molar-refractivity contribution in [2.45, 2.75) is 18.4 Å². The molecule has 0 bridgehead atoms. The van der Waals surface area contributed by atoms with Crippen LogP contribution in [-0.2, 0) is 21.5 Å². The Hall–Kier alpha value is -1.64. The number of hydrogen-bond acceptors (Lipinski definition) is 2. The maximum Gasteiger partial charge on any atom is 0.0716 e. The van der Waals surface area contributed by atoms with E-state index in [2.05, 4.69) is 42.5 Å². The van der Waals surface area contributed by atoms with E-state index in [0.717, 1.165) is 26.2 Å². The number of rotatable bonds is 6. The SMILES string of the molecule is c1ccc(COCCC2(c3ccccc3)COC2)cc1. The first-order valence-electron chi connectivity index (χ1n) is 7.14. The van der Waals surface area contributed by atoms with Gasteiger partial charge in [0.2, 0.25) is 0 Å². The summed E-state index contributed by atoms with van der Waals surface area (Å²) in [5.74, 6) is 0. The summed E-state index contributed by atoms with van der Waals surface area (Å²) >= 11 is 0. The van der Waals surface area contributed by atoms with Gasteiger partial charge in [-0.1, -0.05) is 60.7 Å². The van der Waals surface area contributed by atoms with Crippen molar-refractivity contribution in [3.63, 3.8) is 0 Å². The topological polar surface area (TPSA) is 18.5 Å². The van der Waals surface area contributed by atoms with Crippen LogP contribution in [0.4, 0.5) is 0 Å². The van der Waals surface area contributed by atoms with Gasteiger partial charge in [-0.2, -0.15) is 0 Å². The molecule has 0 unspecified atom stereocenters. The van der Waals surface area contributed by atoms with E-state index >= 15 is 0 Å². The van der Waals surface area contributed by atoms with E-state index in [4.69, 9.17) is 9.47 Å². The summed E-state index contributed by atoms with van der Waals surface area (Å²) in [6.45, 7) is 3.08. The van der Waals surface area contributed by atoms with Gasteiger partial charge in [0.1, 0.15) is 0 Å². The van der Waals surface area contributed by atoms with Crippen LogP contribution in [0.25, 0.3) is 0 Å². The molecule has 3 rings (SSSR count). The van der Waals surface area contributed by atoms with Crippen LogP contribution in [0, 0.1) is 0 Å². The van der Waals surface area contributed by atoms with E-state index in [1.54, 1.807) is 0 Å². The molecule has 0 atom stereocenters.